The molecule has 0 unspecified atom stereocenters. The Morgan fingerprint density at radius 1 is 1.56 bits per heavy atom. The molecule has 0 fully saturated rings. The normalized spacial score (nSPS) is 14.3. The Morgan fingerprint density at radius 3 is 2.22 bits per heavy atom. The molecule has 0 spiro atoms. The molecule has 0 saturated carbocycles. The highest BCUT2D eigenvalue weighted by atomic mass is 35.5. The zero-order valence-electron chi connectivity index (χ0n) is 5.89. The highest BCUT2D eigenvalue weighted by molar-refractivity contribution is 6.13. The Hall–Kier alpha value is 0.210. The molecule has 0 aliphatic rings. The van der Waals surface area contributed by atoms with Crippen LogP contribution in [0.1, 0.15) is 20.3 Å². The maximum atomic E-state index is 8.63. The minimum atomic E-state index is 0.0478. The average molecular weight is 152 g/mol. The van der Waals surface area contributed by atoms with Crippen molar-refractivity contribution >= 4 is 11.8 Å². The van der Waals surface area contributed by atoms with Crippen LogP contribution in [0.25, 0.3) is 0 Å². The van der Waals surface area contributed by atoms with Gasteiger partial charge in [-0.25, -0.2) is 4.84 Å². The van der Waals surface area contributed by atoms with Crippen molar-refractivity contribution in [1.29, 1.82) is 0 Å². The smallest absolute Gasteiger partial charge is 0.0597 e. The minimum Gasteiger partial charge on any atom is -0.395 e. The number of halogens is 1. The second-order valence-corrected chi connectivity index (χ2v) is 2.84. The topological polar surface area (TPSA) is 32.3 Å². The van der Waals surface area contributed by atoms with Gasteiger partial charge in [0.25, 0.3) is 0 Å². The van der Waals surface area contributed by atoms with Crippen molar-refractivity contribution in [3.05, 3.63) is 0 Å². The molecule has 0 aliphatic carbocycles. The molecule has 2 nitrogen and oxygen atoms in total. The highest BCUT2D eigenvalue weighted by Crippen LogP contribution is 2.03. The summed E-state index contributed by atoms with van der Waals surface area (Å²) >= 11 is 5.30. The van der Waals surface area contributed by atoms with E-state index in [1.807, 2.05) is 0 Å². The van der Waals surface area contributed by atoms with Crippen molar-refractivity contribution in [1.82, 2.24) is 4.84 Å². The van der Waals surface area contributed by atoms with Crippen molar-refractivity contribution in [3.8, 4) is 0 Å². The summed E-state index contributed by atoms with van der Waals surface area (Å²) in [6.07, 6.45) is 0.917. The summed E-state index contributed by atoms with van der Waals surface area (Å²) in [5.41, 5.74) is 0. The summed E-state index contributed by atoms with van der Waals surface area (Å²) < 4.78 is 0. The van der Waals surface area contributed by atoms with Crippen LogP contribution < -0.4 is 4.84 Å². The van der Waals surface area contributed by atoms with E-state index in [0.29, 0.717) is 5.92 Å². The van der Waals surface area contributed by atoms with E-state index in [1.165, 1.54) is 0 Å². The molecule has 0 amide bonds. The lowest BCUT2D eigenvalue weighted by molar-refractivity contribution is 0.241. The average Bonchev–Trinajstić information content (AvgIpc) is 1.82. The number of rotatable bonds is 4. The fourth-order valence-corrected chi connectivity index (χ4v) is 0.881. The molecule has 3 heteroatoms. The van der Waals surface area contributed by atoms with E-state index in [2.05, 4.69) is 18.7 Å². The van der Waals surface area contributed by atoms with Crippen molar-refractivity contribution in [2.45, 2.75) is 26.3 Å². The van der Waals surface area contributed by atoms with E-state index in [0.717, 1.165) is 6.42 Å². The molecule has 0 bridgehead atoms. The Kier molecular flexibility index (Phi) is 5.15. The summed E-state index contributed by atoms with van der Waals surface area (Å²) in [6.45, 7) is 4.30. The van der Waals surface area contributed by atoms with Gasteiger partial charge >= 0.3 is 0 Å². The van der Waals surface area contributed by atoms with Gasteiger partial charge in [0.1, 0.15) is 0 Å². The maximum absolute atomic E-state index is 8.63. The largest absolute Gasteiger partial charge is 0.395 e. The lowest BCUT2D eigenvalue weighted by Gasteiger charge is -2.12. The SMILES string of the molecule is CC(C)C[C@@H](CO)NCl. The summed E-state index contributed by atoms with van der Waals surface area (Å²) in [4.78, 5) is 2.51. The van der Waals surface area contributed by atoms with E-state index < -0.39 is 0 Å². The molecule has 1 atom stereocenters. The lowest BCUT2D eigenvalue weighted by Crippen LogP contribution is -2.26. The molecule has 0 aromatic rings. The minimum absolute atomic E-state index is 0.0478. The van der Waals surface area contributed by atoms with Crippen LogP contribution in [0, 0.1) is 5.92 Å². The quantitative estimate of drug-likeness (QED) is 0.591. The van der Waals surface area contributed by atoms with Gasteiger partial charge in [0.2, 0.25) is 0 Å². The van der Waals surface area contributed by atoms with E-state index >= 15 is 0 Å². The number of hydrogen-bond donors (Lipinski definition) is 2. The number of hydrogen-bond acceptors (Lipinski definition) is 2. The van der Waals surface area contributed by atoms with Gasteiger partial charge in [-0.3, -0.25) is 0 Å². The first kappa shape index (κ1) is 9.21. The standard InChI is InChI=1S/C6H14ClNO/c1-5(2)3-6(4-9)8-7/h5-6,8-9H,3-4H2,1-2H3/t6-/m0/s1. The van der Waals surface area contributed by atoms with E-state index in [9.17, 15) is 0 Å². The first-order valence-electron chi connectivity index (χ1n) is 3.17. The van der Waals surface area contributed by atoms with Crippen molar-refractivity contribution in [2.75, 3.05) is 6.61 Å². The zero-order chi connectivity index (χ0) is 7.28. The Morgan fingerprint density at radius 2 is 2.11 bits per heavy atom. The summed E-state index contributed by atoms with van der Waals surface area (Å²) in [5, 5.41) is 8.63. The van der Waals surface area contributed by atoms with Crippen LogP contribution >= 0.6 is 11.8 Å². The van der Waals surface area contributed by atoms with Gasteiger partial charge < -0.3 is 5.11 Å². The highest BCUT2D eigenvalue weighted by Gasteiger charge is 2.06. The van der Waals surface area contributed by atoms with Gasteiger partial charge in [0, 0.05) is 6.04 Å². The van der Waals surface area contributed by atoms with Crippen LogP contribution in [0.5, 0.6) is 0 Å². The molecule has 2 N–H and O–H groups in total. The number of aliphatic hydroxyl groups is 1. The van der Waals surface area contributed by atoms with Crippen LogP contribution in [-0.4, -0.2) is 17.8 Å². The molecule has 0 aromatic heterocycles. The molecule has 0 saturated heterocycles. The molecule has 0 heterocycles. The Labute approximate surface area is 61.3 Å². The fourth-order valence-electron chi connectivity index (χ4n) is 0.723. The second kappa shape index (κ2) is 5.03. The lowest BCUT2D eigenvalue weighted by atomic mass is 10.1. The van der Waals surface area contributed by atoms with Crippen molar-refractivity contribution < 1.29 is 5.11 Å². The van der Waals surface area contributed by atoms with Crippen molar-refractivity contribution in [2.24, 2.45) is 5.92 Å². The molecule has 0 aromatic carbocycles. The fraction of sp³-hybridized carbons (Fsp3) is 1.00. The summed E-state index contributed by atoms with van der Waals surface area (Å²) in [7, 11) is 0. The summed E-state index contributed by atoms with van der Waals surface area (Å²) in [6, 6.07) is 0.0478. The van der Waals surface area contributed by atoms with Crippen LogP contribution in [0.4, 0.5) is 0 Å². The second-order valence-electron chi connectivity index (χ2n) is 2.62. The van der Waals surface area contributed by atoms with Gasteiger partial charge in [-0.05, 0) is 24.1 Å². The Bertz CT molecular complexity index is 64.1. The number of nitrogens with one attached hydrogen (secondary N) is 1. The molecule has 0 aliphatic heterocycles. The predicted molar refractivity (Wildman–Crippen MR) is 39.3 cm³/mol. The van der Waals surface area contributed by atoms with Crippen LogP contribution in [0.15, 0.2) is 0 Å². The van der Waals surface area contributed by atoms with E-state index in [1.54, 1.807) is 0 Å². The molecular weight excluding hydrogens is 138 g/mol. The van der Waals surface area contributed by atoms with Crippen LogP contribution in [0.2, 0.25) is 0 Å². The molecule has 9 heavy (non-hydrogen) atoms. The molecular formula is C6H14ClNO. The van der Waals surface area contributed by atoms with Crippen LogP contribution in [-0.2, 0) is 0 Å². The van der Waals surface area contributed by atoms with Crippen LogP contribution in [0.3, 0.4) is 0 Å². The van der Waals surface area contributed by atoms with Gasteiger partial charge in [0.15, 0.2) is 0 Å². The third kappa shape index (κ3) is 4.70. The third-order valence-corrected chi connectivity index (χ3v) is 1.44. The first-order chi connectivity index (χ1) is 4.20. The maximum Gasteiger partial charge on any atom is 0.0597 e. The molecule has 56 valence electrons. The van der Waals surface area contributed by atoms with Gasteiger partial charge in [-0.1, -0.05) is 13.8 Å². The third-order valence-electron chi connectivity index (χ3n) is 1.13. The summed E-state index contributed by atoms with van der Waals surface area (Å²) in [5.74, 6) is 0.577. The predicted octanol–water partition coefficient (Wildman–Crippen LogP) is 1.14. The zero-order valence-corrected chi connectivity index (χ0v) is 6.65. The molecule has 0 rings (SSSR count). The van der Waals surface area contributed by atoms with Gasteiger partial charge in [-0.2, -0.15) is 0 Å². The monoisotopic (exact) mass is 151 g/mol. The number of aliphatic hydroxyl groups excluding tert-OH is 1. The van der Waals surface area contributed by atoms with Gasteiger partial charge in [0.05, 0.1) is 6.61 Å². The van der Waals surface area contributed by atoms with Crippen molar-refractivity contribution in [3.63, 3.8) is 0 Å². The molecule has 0 radical (unpaired) electrons. The Balaban J connectivity index is 3.31. The van der Waals surface area contributed by atoms with Gasteiger partial charge in [-0.15, -0.1) is 0 Å². The van der Waals surface area contributed by atoms with E-state index in [-0.39, 0.29) is 12.6 Å². The first-order valence-corrected chi connectivity index (χ1v) is 3.55. The van der Waals surface area contributed by atoms with E-state index in [4.69, 9.17) is 16.9 Å².